The van der Waals surface area contributed by atoms with Crippen LogP contribution in [0.25, 0.3) is 0 Å². The first-order valence-corrected chi connectivity index (χ1v) is 8.05. The number of hydrogen-bond donors (Lipinski definition) is 1. The van der Waals surface area contributed by atoms with Gasteiger partial charge < -0.3 is 14.4 Å². The van der Waals surface area contributed by atoms with Crippen molar-refractivity contribution in [3.05, 3.63) is 24.3 Å². The molecule has 0 saturated carbocycles. The van der Waals surface area contributed by atoms with Gasteiger partial charge in [-0.3, -0.25) is 4.79 Å². The van der Waals surface area contributed by atoms with E-state index in [2.05, 4.69) is 12.6 Å². The van der Waals surface area contributed by atoms with Crippen LogP contribution in [0.5, 0.6) is 11.5 Å². The fourth-order valence-corrected chi connectivity index (χ4v) is 3.27. The van der Waals surface area contributed by atoms with Gasteiger partial charge in [0.15, 0.2) is 0 Å². The van der Waals surface area contributed by atoms with Crippen LogP contribution >= 0.6 is 24.4 Å². The Morgan fingerprint density at radius 3 is 2.70 bits per heavy atom. The molecule has 1 amide bonds. The zero-order valence-electron chi connectivity index (χ0n) is 11.6. The quantitative estimate of drug-likeness (QED) is 0.847. The summed E-state index contributed by atoms with van der Waals surface area (Å²) in [7, 11) is 1.63. The van der Waals surface area contributed by atoms with Gasteiger partial charge in [-0.1, -0.05) is 0 Å². The van der Waals surface area contributed by atoms with Gasteiger partial charge in [-0.2, -0.15) is 12.6 Å². The molecule has 1 aromatic rings. The molecular formula is C14H19NO3S2. The molecule has 1 heterocycles. The molecule has 0 aromatic heterocycles. The lowest BCUT2D eigenvalue weighted by Gasteiger charge is -2.25. The lowest BCUT2D eigenvalue weighted by atomic mass is 10.3. The molecule has 2 unspecified atom stereocenters. The fourth-order valence-electron chi connectivity index (χ4n) is 1.99. The van der Waals surface area contributed by atoms with Crippen molar-refractivity contribution in [2.45, 2.75) is 17.5 Å². The standard InChI is InChI=1S/C14H19NO3S2/c1-10(19)14(16)15-7-8-20-13(15)9-18-12-5-3-11(17-2)4-6-12/h3-6,10,13,19H,7-9H2,1-2H3. The van der Waals surface area contributed by atoms with Crippen LogP contribution in [-0.4, -0.2) is 47.4 Å². The minimum Gasteiger partial charge on any atom is -0.497 e. The molecule has 1 aliphatic rings. The Bertz CT molecular complexity index is 450. The van der Waals surface area contributed by atoms with E-state index in [1.807, 2.05) is 29.2 Å². The first-order valence-electron chi connectivity index (χ1n) is 6.49. The number of methoxy groups -OCH3 is 1. The molecule has 20 heavy (non-hydrogen) atoms. The second kappa shape index (κ2) is 7.13. The number of carbonyl (C=O) groups excluding carboxylic acids is 1. The highest BCUT2D eigenvalue weighted by Crippen LogP contribution is 2.26. The molecule has 6 heteroatoms. The summed E-state index contributed by atoms with van der Waals surface area (Å²) in [5.74, 6) is 2.60. The van der Waals surface area contributed by atoms with Gasteiger partial charge in [0.2, 0.25) is 5.91 Å². The maximum atomic E-state index is 12.0. The second-order valence-corrected chi connectivity index (χ2v) is 6.58. The van der Waals surface area contributed by atoms with Crippen LogP contribution in [0.15, 0.2) is 24.3 Å². The third kappa shape index (κ3) is 3.76. The van der Waals surface area contributed by atoms with Gasteiger partial charge in [-0.05, 0) is 31.2 Å². The molecule has 4 nitrogen and oxygen atoms in total. The van der Waals surface area contributed by atoms with Gasteiger partial charge in [-0.25, -0.2) is 0 Å². The van der Waals surface area contributed by atoms with Crippen molar-refractivity contribution in [1.82, 2.24) is 4.90 Å². The Morgan fingerprint density at radius 2 is 2.10 bits per heavy atom. The van der Waals surface area contributed by atoms with E-state index >= 15 is 0 Å². The maximum Gasteiger partial charge on any atom is 0.236 e. The molecule has 0 aliphatic carbocycles. The van der Waals surface area contributed by atoms with Gasteiger partial charge in [0.1, 0.15) is 23.5 Å². The number of rotatable bonds is 5. The fraction of sp³-hybridized carbons (Fsp3) is 0.500. The molecule has 2 atom stereocenters. The van der Waals surface area contributed by atoms with Crippen LogP contribution in [0, 0.1) is 0 Å². The van der Waals surface area contributed by atoms with Crippen molar-refractivity contribution < 1.29 is 14.3 Å². The Labute approximate surface area is 129 Å². The van der Waals surface area contributed by atoms with Crippen LogP contribution in [0.3, 0.4) is 0 Å². The summed E-state index contributed by atoms with van der Waals surface area (Å²) in [6, 6.07) is 7.45. The molecule has 0 radical (unpaired) electrons. The Morgan fingerprint density at radius 1 is 1.45 bits per heavy atom. The van der Waals surface area contributed by atoms with E-state index in [4.69, 9.17) is 9.47 Å². The molecule has 0 N–H and O–H groups in total. The van der Waals surface area contributed by atoms with Crippen molar-refractivity contribution in [3.63, 3.8) is 0 Å². The van der Waals surface area contributed by atoms with E-state index < -0.39 is 0 Å². The summed E-state index contributed by atoms with van der Waals surface area (Å²) in [4.78, 5) is 13.9. The predicted octanol–water partition coefficient (Wildman–Crippen LogP) is 2.29. The lowest BCUT2D eigenvalue weighted by Crippen LogP contribution is -2.41. The highest BCUT2D eigenvalue weighted by molar-refractivity contribution is 8.00. The average Bonchev–Trinajstić information content (AvgIpc) is 2.93. The normalized spacial score (nSPS) is 19.8. The summed E-state index contributed by atoms with van der Waals surface area (Å²) < 4.78 is 10.9. The van der Waals surface area contributed by atoms with Gasteiger partial charge in [0.05, 0.1) is 12.4 Å². The average molecular weight is 313 g/mol. The van der Waals surface area contributed by atoms with Crippen LogP contribution < -0.4 is 9.47 Å². The number of benzene rings is 1. The summed E-state index contributed by atoms with van der Waals surface area (Å²) >= 11 is 5.96. The maximum absolute atomic E-state index is 12.0. The van der Waals surface area contributed by atoms with E-state index in [1.165, 1.54) is 0 Å². The molecule has 0 spiro atoms. The van der Waals surface area contributed by atoms with Crippen LogP contribution in [0.2, 0.25) is 0 Å². The van der Waals surface area contributed by atoms with E-state index in [9.17, 15) is 4.79 Å². The number of amides is 1. The Kier molecular flexibility index (Phi) is 5.48. The summed E-state index contributed by atoms with van der Waals surface area (Å²) in [5, 5.41) is -0.198. The molecule has 2 rings (SSSR count). The highest BCUT2D eigenvalue weighted by Gasteiger charge is 2.31. The number of thioether (sulfide) groups is 1. The lowest BCUT2D eigenvalue weighted by molar-refractivity contribution is -0.130. The molecule has 1 aliphatic heterocycles. The zero-order valence-corrected chi connectivity index (χ0v) is 13.3. The number of hydrogen-bond acceptors (Lipinski definition) is 5. The van der Waals surface area contributed by atoms with E-state index in [1.54, 1.807) is 25.8 Å². The van der Waals surface area contributed by atoms with Crippen molar-refractivity contribution >= 4 is 30.3 Å². The van der Waals surface area contributed by atoms with Gasteiger partial charge in [-0.15, -0.1) is 11.8 Å². The van der Waals surface area contributed by atoms with E-state index in [0.29, 0.717) is 6.61 Å². The summed E-state index contributed by atoms with van der Waals surface area (Å²) in [6.07, 6.45) is 0. The van der Waals surface area contributed by atoms with Crippen LogP contribution in [0.1, 0.15) is 6.92 Å². The summed E-state index contributed by atoms with van der Waals surface area (Å²) in [6.45, 7) is 3.06. The first kappa shape index (κ1) is 15.4. The molecular weight excluding hydrogens is 294 g/mol. The Hall–Kier alpha value is -1.01. The third-order valence-electron chi connectivity index (χ3n) is 3.08. The second-order valence-electron chi connectivity index (χ2n) is 4.52. The van der Waals surface area contributed by atoms with Crippen molar-refractivity contribution in [2.75, 3.05) is 26.0 Å². The van der Waals surface area contributed by atoms with Crippen molar-refractivity contribution in [3.8, 4) is 11.5 Å². The van der Waals surface area contributed by atoms with Crippen molar-refractivity contribution in [1.29, 1.82) is 0 Å². The number of thiol groups is 1. The monoisotopic (exact) mass is 313 g/mol. The van der Waals surface area contributed by atoms with Gasteiger partial charge in [0, 0.05) is 12.3 Å². The molecule has 1 fully saturated rings. The number of ether oxygens (including phenoxy) is 2. The molecule has 0 bridgehead atoms. The third-order valence-corrected chi connectivity index (χ3v) is 4.50. The van der Waals surface area contributed by atoms with E-state index in [-0.39, 0.29) is 16.5 Å². The molecule has 1 saturated heterocycles. The van der Waals surface area contributed by atoms with Crippen LogP contribution in [0.4, 0.5) is 0 Å². The minimum atomic E-state index is -0.266. The minimum absolute atomic E-state index is 0.0687. The van der Waals surface area contributed by atoms with E-state index in [0.717, 1.165) is 23.8 Å². The molecule has 1 aromatic carbocycles. The number of nitrogens with zero attached hydrogens (tertiary/aromatic N) is 1. The SMILES string of the molecule is COc1ccc(OCC2SCCN2C(=O)C(C)S)cc1. The number of carbonyl (C=O) groups is 1. The highest BCUT2D eigenvalue weighted by atomic mass is 32.2. The molecule has 110 valence electrons. The van der Waals surface area contributed by atoms with Crippen LogP contribution in [-0.2, 0) is 4.79 Å². The summed E-state index contributed by atoms with van der Waals surface area (Å²) in [5.41, 5.74) is 0. The Balaban J connectivity index is 1.90. The van der Waals surface area contributed by atoms with Gasteiger partial charge in [0.25, 0.3) is 0 Å². The van der Waals surface area contributed by atoms with Gasteiger partial charge >= 0.3 is 0 Å². The smallest absolute Gasteiger partial charge is 0.236 e. The van der Waals surface area contributed by atoms with Crippen molar-refractivity contribution in [2.24, 2.45) is 0 Å². The predicted molar refractivity (Wildman–Crippen MR) is 84.9 cm³/mol. The topological polar surface area (TPSA) is 38.8 Å². The first-order chi connectivity index (χ1) is 9.61. The zero-order chi connectivity index (χ0) is 14.5. The largest absolute Gasteiger partial charge is 0.497 e.